The highest BCUT2D eigenvalue weighted by Crippen LogP contribution is 2.28. The average molecular weight is 327 g/mol. The minimum absolute atomic E-state index is 0.00544. The van der Waals surface area contributed by atoms with Gasteiger partial charge in [-0.05, 0) is 57.4 Å². The van der Waals surface area contributed by atoms with E-state index in [1.807, 2.05) is 6.92 Å². The fraction of sp³-hybridized carbons (Fsp3) is 0.571. The maximum Gasteiger partial charge on any atom is 0.289 e. The van der Waals surface area contributed by atoms with Gasteiger partial charge in [0.05, 0.1) is 4.92 Å². The zero-order valence-electron chi connectivity index (χ0n) is 12.9. The molecule has 122 valence electrons. The number of sulfonamides is 1. The molecule has 1 aliphatic rings. The van der Waals surface area contributed by atoms with Crippen molar-refractivity contribution in [1.29, 1.82) is 0 Å². The number of nitro benzene ring substituents is 1. The van der Waals surface area contributed by atoms with Crippen LogP contribution in [0.15, 0.2) is 17.0 Å². The predicted molar refractivity (Wildman–Crippen MR) is 83.4 cm³/mol. The third kappa shape index (κ3) is 3.45. The molecule has 0 bridgehead atoms. The van der Waals surface area contributed by atoms with E-state index >= 15 is 0 Å². The SMILES string of the molecule is Cc1cc([N+](=O)[O-])c(S(=O)(=O)NC2CCCNC2C)cc1C. The minimum Gasteiger partial charge on any atom is -0.313 e. The molecule has 1 saturated heterocycles. The Hall–Kier alpha value is -1.51. The number of piperidine rings is 1. The molecular formula is C14H21N3O4S. The smallest absolute Gasteiger partial charge is 0.289 e. The van der Waals surface area contributed by atoms with Crippen molar-refractivity contribution < 1.29 is 13.3 Å². The zero-order valence-corrected chi connectivity index (χ0v) is 13.7. The van der Waals surface area contributed by atoms with Crippen molar-refractivity contribution in [2.24, 2.45) is 0 Å². The van der Waals surface area contributed by atoms with Gasteiger partial charge in [-0.1, -0.05) is 0 Å². The van der Waals surface area contributed by atoms with Crippen molar-refractivity contribution in [2.75, 3.05) is 6.54 Å². The molecule has 7 nitrogen and oxygen atoms in total. The van der Waals surface area contributed by atoms with E-state index in [4.69, 9.17) is 0 Å². The first-order chi connectivity index (χ1) is 10.2. The van der Waals surface area contributed by atoms with Crippen LogP contribution in [0.3, 0.4) is 0 Å². The monoisotopic (exact) mass is 327 g/mol. The van der Waals surface area contributed by atoms with Gasteiger partial charge < -0.3 is 5.32 Å². The summed E-state index contributed by atoms with van der Waals surface area (Å²) in [6.07, 6.45) is 1.58. The molecule has 1 aliphatic heterocycles. The molecule has 1 fully saturated rings. The molecule has 2 atom stereocenters. The van der Waals surface area contributed by atoms with Crippen molar-refractivity contribution in [3.63, 3.8) is 0 Å². The number of benzene rings is 1. The molecule has 1 aromatic rings. The predicted octanol–water partition coefficient (Wildman–Crippen LogP) is 1.63. The highest BCUT2D eigenvalue weighted by molar-refractivity contribution is 7.89. The Morgan fingerprint density at radius 1 is 1.32 bits per heavy atom. The highest BCUT2D eigenvalue weighted by atomic mass is 32.2. The molecule has 0 radical (unpaired) electrons. The lowest BCUT2D eigenvalue weighted by Crippen LogP contribution is -2.51. The van der Waals surface area contributed by atoms with Crippen LogP contribution in [-0.2, 0) is 10.0 Å². The number of hydrogen-bond donors (Lipinski definition) is 2. The molecule has 0 amide bonds. The average Bonchev–Trinajstić information content (AvgIpc) is 2.43. The maximum absolute atomic E-state index is 12.6. The van der Waals surface area contributed by atoms with E-state index in [1.54, 1.807) is 13.8 Å². The summed E-state index contributed by atoms with van der Waals surface area (Å²) >= 11 is 0. The normalized spacial score (nSPS) is 22.5. The van der Waals surface area contributed by atoms with E-state index in [1.165, 1.54) is 12.1 Å². The van der Waals surface area contributed by atoms with Crippen molar-refractivity contribution >= 4 is 15.7 Å². The topological polar surface area (TPSA) is 101 Å². The number of hydrogen-bond acceptors (Lipinski definition) is 5. The van der Waals surface area contributed by atoms with Gasteiger partial charge in [0, 0.05) is 18.2 Å². The van der Waals surface area contributed by atoms with Crippen LogP contribution in [0.2, 0.25) is 0 Å². The lowest BCUT2D eigenvalue weighted by atomic mass is 10.0. The second kappa shape index (κ2) is 6.31. The largest absolute Gasteiger partial charge is 0.313 e. The fourth-order valence-corrected chi connectivity index (χ4v) is 4.19. The minimum atomic E-state index is -3.94. The van der Waals surface area contributed by atoms with Crippen LogP contribution < -0.4 is 10.0 Å². The number of aryl methyl sites for hydroxylation is 2. The lowest BCUT2D eigenvalue weighted by molar-refractivity contribution is -0.387. The van der Waals surface area contributed by atoms with Crippen molar-refractivity contribution in [1.82, 2.24) is 10.0 Å². The molecule has 0 aromatic heterocycles. The van der Waals surface area contributed by atoms with Crippen molar-refractivity contribution in [2.45, 2.75) is 50.6 Å². The van der Waals surface area contributed by atoms with Crippen LogP contribution in [0, 0.1) is 24.0 Å². The van der Waals surface area contributed by atoms with Crippen LogP contribution in [0.25, 0.3) is 0 Å². The van der Waals surface area contributed by atoms with Crippen LogP contribution in [0.1, 0.15) is 30.9 Å². The molecule has 2 rings (SSSR count). The standard InChI is InChI=1S/C14H21N3O4S/c1-9-7-13(17(18)19)14(8-10(9)2)22(20,21)16-12-5-4-6-15-11(12)3/h7-8,11-12,15-16H,4-6H2,1-3H3. The highest BCUT2D eigenvalue weighted by Gasteiger charge is 2.31. The Bertz CT molecular complexity index is 688. The summed E-state index contributed by atoms with van der Waals surface area (Å²) in [6.45, 7) is 6.21. The number of nitrogens with one attached hydrogen (secondary N) is 2. The van der Waals surface area contributed by atoms with Gasteiger partial charge in [-0.3, -0.25) is 10.1 Å². The van der Waals surface area contributed by atoms with Crippen molar-refractivity contribution in [3.8, 4) is 0 Å². The Kier molecular flexibility index (Phi) is 4.84. The summed E-state index contributed by atoms with van der Waals surface area (Å²) in [5, 5.41) is 14.4. The second-order valence-corrected chi connectivity index (χ2v) is 7.46. The summed E-state index contributed by atoms with van der Waals surface area (Å²) in [6, 6.07) is 2.41. The Morgan fingerprint density at radius 2 is 1.95 bits per heavy atom. The van der Waals surface area contributed by atoms with Gasteiger partial charge in [0.15, 0.2) is 4.90 Å². The van der Waals surface area contributed by atoms with E-state index in [-0.39, 0.29) is 22.7 Å². The number of rotatable bonds is 4. The van der Waals surface area contributed by atoms with Gasteiger partial charge in [-0.2, -0.15) is 0 Å². The van der Waals surface area contributed by atoms with Crippen molar-refractivity contribution in [3.05, 3.63) is 33.4 Å². The molecule has 1 aromatic carbocycles. The molecular weight excluding hydrogens is 306 g/mol. The quantitative estimate of drug-likeness (QED) is 0.646. The number of nitrogens with zero attached hydrogens (tertiary/aromatic N) is 1. The van der Waals surface area contributed by atoms with Crippen LogP contribution in [0.4, 0.5) is 5.69 Å². The first kappa shape index (κ1) is 16.9. The van der Waals surface area contributed by atoms with Crippen LogP contribution in [0.5, 0.6) is 0 Å². The Labute approximate surface area is 130 Å². The first-order valence-electron chi connectivity index (χ1n) is 7.23. The molecule has 0 aliphatic carbocycles. The van der Waals surface area contributed by atoms with E-state index in [9.17, 15) is 18.5 Å². The molecule has 0 spiro atoms. The maximum atomic E-state index is 12.6. The summed E-state index contributed by atoms with van der Waals surface area (Å²) in [7, 11) is -3.94. The molecule has 8 heteroatoms. The Balaban J connectivity index is 2.40. The van der Waals surface area contributed by atoms with Gasteiger partial charge in [-0.15, -0.1) is 0 Å². The molecule has 0 saturated carbocycles. The molecule has 22 heavy (non-hydrogen) atoms. The molecule has 2 unspecified atom stereocenters. The van der Waals surface area contributed by atoms with E-state index in [2.05, 4.69) is 10.0 Å². The number of nitro groups is 1. The Morgan fingerprint density at radius 3 is 2.55 bits per heavy atom. The third-order valence-electron chi connectivity index (χ3n) is 4.13. The van der Waals surface area contributed by atoms with E-state index in [0.29, 0.717) is 17.5 Å². The van der Waals surface area contributed by atoms with E-state index in [0.717, 1.165) is 13.0 Å². The summed E-state index contributed by atoms with van der Waals surface area (Å²) in [5.41, 5.74) is 1.02. The van der Waals surface area contributed by atoms with Gasteiger partial charge in [0.25, 0.3) is 5.69 Å². The van der Waals surface area contributed by atoms with Gasteiger partial charge in [0.1, 0.15) is 0 Å². The van der Waals surface area contributed by atoms with Gasteiger partial charge >= 0.3 is 0 Å². The summed E-state index contributed by atoms with van der Waals surface area (Å²) < 4.78 is 27.8. The summed E-state index contributed by atoms with van der Waals surface area (Å²) in [5.74, 6) is 0. The zero-order chi connectivity index (χ0) is 16.5. The third-order valence-corrected chi connectivity index (χ3v) is 5.65. The summed E-state index contributed by atoms with van der Waals surface area (Å²) in [4.78, 5) is 10.3. The first-order valence-corrected chi connectivity index (χ1v) is 8.72. The second-order valence-electron chi connectivity index (χ2n) is 5.77. The van der Waals surface area contributed by atoms with E-state index < -0.39 is 14.9 Å². The van der Waals surface area contributed by atoms with Crippen LogP contribution >= 0.6 is 0 Å². The van der Waals surface area contributed by atoms with Crippen LogP contribution in [-0.4, -0.2) is 32.0 Å². The molecule has 2 N–H and O–H groups in total. The van der Waals surface area contributed by atoms with Gasteiger partial charge in [-0.25, -0.2) is 13.1 Å². The fourth-order valence-electron chi connectivity index (χ4n) is 2.60. The van der Waals surface area contributed by atoms with Gasteiger partial charge in [0.2, 0.25) is 10.0 Å². The molecule has 1 heterocycles. The lowest BCUT2D eigenvalue weighted by Gasteiger charge is -2.30.